The molecule has 1 aliphatic rings. The van der Waals surface area contributed by atoms with Gasteiger partial charge < -0.3 is 20.6 Å². The summed E-state index contributed by atoms with van der Waals surface area (Å²) in [6.07, 6.45) is 1.42. The molecule has 0 atom stereocenters. The van der Waals surface area contributed by atoms with Crippen LogP contribution in [0.1, 0.15) is 26.7 Å². The zero-order valence-electron chi connectivity index (χ0n) is 14.4. The van der Waals surface area contributed by atoms with Gasteiger partial charge in [0, 0.05) is 31.9 Å². The Kier molecular flexibility index (Phi) is 7.64. The van der Waals surface area contributed by atoms with Crippen LogP contribution in [0, 0.1) is 5.82 Å². The molecule has 0 aromatic heterocycles. The Bertz CT molecular complexity index is 544. The van der Waals surface area contributed by atoms with Gasteiger partial charge in [-0.2, -0.15) is 0 Å². The maximum Gasteiger partial charge on any atom is 0.290 e. The molecule has 1 saturated heterocycles. The number of benzene rings is 1. The first kappa shape index (κ1) is 19.9. The number of hydrogen-bond donors (Lipinski definition) is 3. The SMILES string of the molecule is CNC(=O)C1(Nc2cccc(F)c2)CCN(C(C)C)CC1.O=CO. The van der Waals surface area contributed by atoms with Crippen LogP contribution in [0.4, 0.5) is 10.1 Å². The number of hydrogen-bond acceptors (Lipinski definition) is 4. The van der Waals surface area contributed by atoms with Crippen LogP contribution in [0.2, 0.25) is 0 Å². The van der Waals surface area contributed by atoms with Crippen LogP contribution in [0.3, 0.4) is 0 Å². The van der Waals surface area contributed by atoms with Crippen LogP contribution in [0.5, 0.6) is 0 Å². The molecule has 3 N–H and O–H groups in total. The smallest absolute Gasteiger partial charge is 0.290 e. The molecule has 0 bridgehead atoms. The van der Waals surface area contributed by atoms with E-state index in [1.54, 1.807) is 19.2 Å². The van der Waals surface area contributed by atoms with Crippen LogP contribution < -0.4 is 10.6 Å². The van der Waals surface area contributed by atoms with E-state index in [4.69, 9.17) is 9.90 Å². The fourth-order valence-electron chi connectivity index (χ4n) is 2.91. The summed E-state index contributed by atoms with van der Waals surface area (Å²) < 4.78 is 13.3. The van der Waals surface area contributed by atoms with E-state index in [9.17, 15) is 9.18 Å². The zero-order valence-corrected chi connectivity index (χ0v) is 14.4. The molecule has 0 saturated carbocycles. The molecule has 0 aliphatic carbocycles. The number of nitrogens with zero attached hydrogens (tertiary/aromatic N) is 1. The minimum absolute atomic E-state index is 0.0323. The maximum absolute atomic E-state index is 13.3. The first-order valence-corrected chi connectivity index (χ1v) is 7.96. The van der Waals surface area contributed by atoms with Crippen molar-refractivity contribution in [2.45, 2.75) is 38.3 Å². The molecule has 7 heteroatoms. The van der Waals surface area contributed by atoms with E-state index in [0.717, 1.165) is 13.1 Å². The highest BCUT2D eigenvalue weighted by molar-refractivity contribution is 5.89. The monoisotopic (exact) mass is 339 g/mol. The van der Waals surface area contributed by atoms with Gasteiger partial charge in [-0.1, -0.05) is 6.07 Å². The predicted molar refractivity (Wildman–Crippen MR) is 91.5 cm³/mol. The minimum Gasteiger partial charge on any atom is -0.483 e. The fourth-order valence-corrected chi connectivity index (χ4v) is 2.91. The molecule has 0 spiro atoms. The number of amides is 1. The Morgan fingerprint density at radius 2 is 1.96 bits per heavy atom. The van der Waals surface area contributed by atoms with Crippen LogP contribution >= 0.6 is 0 Å². The summed E-state index contributed by atoms with van der Waals surface area (Å²) in [6.45, 7) is 5.78. The van der Waals surface area contributed by atoms with E-state index < -0.39 is 5.54 Å². The lowest BCUT2D eigenvalue weighted by Gasteiger charge is -2.42. The Morgan fingerprint density at radius 3 is 2.42 bits per heavy atom. The van der Waals surface area contributed by atoms with Gasteiger partial charge in [-0.15, -0.1) is 0 Å². The van der Waals surface area contributed by atoms with E-state index in [2.05, 4.69) is 29.4 Å². The molecule has 0 radical (unpaired) electrons. The number of piperidine rings is 1. The Balaban J connectivity index is 0.000000891. The highest BCUT2D eigenvalue weighted by Gasteiger charge is 2.41. The topological polar surface area (TPSA) is 81.7 Å². The summed E-state index contributed by atoms with van der Waals surface area (Å²) in [6, 6.07) is 6.75. The van der Waals surface area contributed by atoms with Crippen molar-refractivity contribution in [1.29, 1.82) is 0 Å². The van der Waals surface area contributed by atoms with Gasteiger partial charge in [0.05, 0.1) is 0 Å². The van der Waals surface area contributed by atoms with E-state index in [-0.39, 0.29) is 18.2 Å². The second-order valence-corrected chi connectivity index (χ2v) is 6.03. The molecule has 1 aromatic carbocycles. The summed E-state index contributed by atoms with van der Waals surface area (Å²) in [7, 11) is 1.64. The first-order chi connectivity index (χ1) is 11.4. The van der Waals surface area contributed by atoms with Crippen molar-refractivity contribution in [2.24, 2.45) is 0 Å². The van der Waals surface area contributed by atoms with Crippen molar-refractivity contribution < 1.29 is 19.1 Å². The second-order valence-electron chi connectivity index (χ2n) is 6.03. The van der Waals surface area contributed by atoms with Crippen molar-refractivity contribution in [2.75, 3.05) is 25.5 Å². The van der Waals surface area contributed by atoms with E-state index >= 15 is 0 Å². The maximum atomic E-state index is 13.3. The number of carbonyl (C=O) groups is 2. The van der Waals surface area contributed by atoms with Crippen molar-refractivity contribution >= 4 is 18.1 Å². The highest BCUT2D eigenvalue weighted by Crippen LogP contribution is 2.28. The number of halogens is 1. The normalized spacial score (nSPS) is 16.7. The Labute approximate surface area is 142 Å². The van der Waals surface area contributed by atoms with E-state index in [1.807, 2.05) is 0 Å². The summed E-state index contributed by atoms with van der Waals surface area (Å²) in [5, 5.41) is 12.9. The van der Waals surface area contributed by atoms with Crippen LogP contribution in [0.25, 0.3) is 0 Å². The number of likely N-dealkylation sites (N-methyl/N-ethyl adjacent to an activating group) is 1. The lowest BCUT2D eigenvalue weighted by Crippen LogP contribution is -2.58. The minimum atomic E-state index is -0.659. The molecule has 1 aliphatic heterocycles. The molecular formula is C17H26FN3O3. The number of likely N-dealkylation sites (tertiary alicyclic amines) is 1. The van der Waals surface area contributed by atoms with Gasteiger partial charge in [0.15, 0.2) is 0 Å². The Morgan fingerprint density at radius 1 is 1.38 bits per heavy atom. The third-order valence-electron chi connectivity index (χ3n) is 4.25. The number of rotatable bonds is 4. The largest absolute Gasteiger partial charge is 0.483 e. The second kappa shape index (κ2) is 9.22. The molecular weight excluding hydrogens is 313 g/mol. The van der Waals surface area contributed by atoms with E-state index in [1.165, 1.54) is 12.1 Å². The quantitative estimate of drug-likeness (QED) is 0.730. The first-order valence-electron chi connectivity index (χ1n) is 7.96. The molecule has 0 unspecified atom stereocenters. The van der Waals surface area contributed by atoms with Gasteiger partial charge in [0.25, 0.3) is 6.47 Å². The molecule has 1 fully saturated rings. The fraction of sp³-hybridized carbons (Fsp3) is 0.529. The molecule has 24 heavy (non-hydrogen) atoms. The highest BCUT2D eigenvalue weighted by atomic mass is 19.1. The zero-order chi connectivity index (χ0) is 18.2. The van der Waals surface area contributed by atoms with Crippen molar-refractivity contribution in [1.82, 2.24) is 10.2 Å². The molecule has 2 rings (SSSR count). The molecule has 6 nitrogen and oxygen atoms in total. The van der Waals surface area contributed by atoms with Crippen LogP contribution in [-0.4, -0.2) is 54.1 Å². The van der Waals surface area contributed by atoms with Gasteiger partial charge in [-0.05, 0) is 44.9 Å². The summed E-state index contributed by atoms with van der Waals surface area (Å²) in [5.41, 5.74) is -0.00917. The third kappa shape index (κ3) is 5.19. The van der Waals surface area contributed by atoms with Gasteiger partial charge in [0.2, 0.25) is 5.91 Å². The molecule has 1 amide bonds. The number of anilines is 1. The summed E-state index contributed by atoms with van der Waals surface area (Å²) >= 11 is 0. The van der Waals surface area contributed by atoms with Gasteiger partial charge >= 0.3 is 0 Å². The lowest BCUT2D eigenvalue weighted by molar-refractivity contribution is -0.126. The van der Waals surface area contributed by atoms with Gasteiger partial charge in [-0.3, -0.25) is 9.59 Å². The standard InChI is InChI=1S/C16H24FN3O.CH2O2/c1-12(2)20-9-7-16(8-10-20,15(21)18-3)19-14-6-4-5-13(17)11-14;2-1-3/h4-6,11-12,19H,7-10H2,1-3H3,(H,18,21);1H,(H,2,3). The summed E-state index contributed by atoms with van der Waals surface area (Å²) in [4.78, 5) is 23.1. The van der Waals surface area contributed by atoms with Gasteiger partial charge in [-0.25, -0.2) is 4.39 Å². The Hall–Kier alpha value is -2.15. The van der Waals surface area contributed by atoms with E-state index in [0.29, 0.717) is 24.6 Å². The number of nitrogens with one attached hydrogen (secondary N) is 2. The van der Waals surface area contributed by atoms with Crippen molar-refractivity contribution in [3.8, 4) is 0 Å². The lowest BCUT2D eigenvalue weighted by atomic mass is 9.85. The van der Waals surface area contributed by atoms with Crippen LogP contribution in [0.15, 0.2) is 24.3 Å². The number of carbonyl (C=O) groups excluding carboxylic acids is 1. The molecule has 1 aromatic rings. The van der Waals surface area contributed by atoms with Gasteiger partial charge in [0.1, 0.15) is 11.4 Å². The van der Waals surface area contributed by atoms with Crippen LogP contribution in [-0.2, 0) is 9.59 Å². The third-order valence-corrected chi connectivity index (χ3v) is 4.25. The van der Waals surface area contributed by atoms with Crippen molar-refractivity contribution in [3.05, 3.63) is 30.1 Å². The summed E-state index contributed by atoms with van der Waals surface area (Å²) in [5.74, 6) is -0.332. The number of carboxylic acid groups (broad SMARTS) is 1. The average molecular weight is 339 g/mol. The molecule has 1 heterocycles. The molecule has 134 valence electrons. The van der Waals surface area contributed by atoms with Crippen molar-refractivity contribution in [3.63, 3.8) is 0 Å². The predicted octanol–water partition coefficient (Wildman–Crippen LogP) is 1.93. The average Bonchev–Trinajstić information content (AvgIpc) is 2.55.